The molecule has 10 heteroatoms. The lowest BCUT2D eigenvalue weighted by Crippen LogP contribution is -2.50. The zero-order valence-corrected chi connectivity index (χ0v) is 20.9. The quantitative estimate of drug-likeness (QED) is 0.364. The third kappa shape index (κ3) is 5.38. The average Bonchev–Trinajstić information content (AvgIpc) is 3.27. The van der Waals surface area contributed by atoms with Gasteiger partial charge in [0.1, 0.15) is 0 Å². The van der Waals surface area contributed by atoms with Gasteiger partial charge in [0.15, 0.2) is 0 Å². The summed E-state index contributed by atoms with van der Waals surface area (Å²) in [6.07, 6.45) is -3.95. The van der Waals surface area contributed by atoms with Crippen molar-refractivity contribution in [3.8, 4) is 0 Å². The fourth-order valence-corrected chi connectivity index (χ4v) is 6.50. The Kier molecular flexibility index (Phi) is 7.01. The molecule has 1 fully saturated rings. The molecule has 0 radical (unpaired) electrons. The van der Waals surface area contributed by atoms with Crippen molar-refractivity contribution < 1.29 is 26.7 Å². The highest BCUT2D eigenvalue weighted by Crippen LogP contribution is 2.32. The van der Waals surface area contributed by atoms with Crippen LogP contribution in [0.3, 0.4) is 0 Å². The summed E-state index contributed by atoms with van der Waals surface area (Å²) < 4.78 is 66.1. The number of H-pyrrole nitrogens is 1. The molecule has 1 aliphatic heterocycles. The lowest BCUT2D eigenvalue weighted by Gasteiger charge is -2.35. The molecule has 2 heterocycles. The number of aliphatic hydroxyl groups is 1. The second-order valence-electron chi connectivity index (χ2n) is 9.43. The van der Waals surface area contributed by atoms with Crippen LogP contribution in [0, 0.1) is 0 Å². The largest absolute Gasteiger partial charge is 0.416 e. The van der Waals surface area contributed by atoms with Crippen LogP contribution >= 0.6 is 0 Å². The molecular formula is C27H28F3N3O3S. The Labute approximate surface area is 213 Å². The Bertz CT molecular complexity index is 1510. The lowest BCUT2D eigenvalue weighted by atomic mass is 10.0. The molecule has 2 N–H and O–H groups in total. The summed E-state index contributed by atoms with van der Waals surface area (Å²) in [5.41, 5.74) is 2.31. The molecule has 1 atom stereocenters. The summed E-state index contributed by atoms with van der Waals surface area (Å²) in [4.78, 5) is 5.07. The van der Waals surface area contributed by atoms with E-state index in [4.69, 9.17) is 0 Å². The molecular weight excluding hydrogens is 503 g/mol. The standard InChI is InChI=1S/C27H28F3N3O3S/c28-27(29,30)20-6-4-7-22(17-20)37(35,36)33-15-13-32(14-16-33)18-21(34)12-11-19-5-3-10-25-26(19)23-8-1-2-9-24(23)31-25/h1-10,17,21,31,34H,11-16,18H2. The zero-order valence-electron chi connectivity index (χ0n) is 20.1. The molecule has 0 saturated carbocycles. The first-order chi connectivity index (χ1) is 17.6. The van der Waals surface area contributed by atoms with Crippen LogP contribution in [0.2, 0.25) is 0 Å². The van der Waals surface area contributed by atoms with Gasteiger partial charge in [0.05, 0.1) is 16.6 Å². The maximum Gasteiger partial charge on any atom is 0.416 e. The van der Waals surface area contributed by atoms with Crippen molar-refractivity contribution in [2.24, 2.45) is 0 Å². The number of aromatic nitrogens is 1. The van der Waals surface area contributed by atoms with E-state index >= 15 is 0 Å². The number of aryl methyl sites for hydroxylation is 1. The first-order valence-corrected chi connectivity index (χ1v) is 13.6. The number of hydrogen-bond donors (Lipinski definition) is 2. The highest BCUT2D eigenvalue weighted by Gasteiger charge is 2.34. The molecule has 1 unspecified atom stereocenters. The maximum atomic E-state index is 13.0. The Morgan fingerprint density at radius 1 is 0.919 bits per heavy atom. The van der Waals surface area contributed by atoms with E-state index in [1.54, 1.807) is 0 Å². The highest BCUT2D eigenvalue weighted by atomic mass is 32.2. The maximum absolute atomic E-state index is 13.0. The van der Waals surface area contributed by atoms with Crippen LogP contribution in [0.25, 0.3) is 21.8 Å². The molecule has 0 aliphatic carbocycles. The van der Waals surface area contributed by atoms with Crippen LogP contribution in [-0.2, 0) is 22.6 Å². The minimum Gasteiger partial charge on any atom is -0.392 e. The summed E-state index contributed by atoms with van der Waals surface area (Å²) in [5.74, 6) is 0. The summed E-state index contributed by atoms with van der Waals surface area (Å²) in [7, 11) is -4.04. The van der Waals surface area contributed by atoms with Crippen LogP contribution < -0.4 is 0 Å². The third-order valence-electron chi connectivity index (χ3n) is 6.96. The molecule has 0 bridgehead atoms. The Morgan fingerprint density at radius 3 is 2.38 bits per heavy atom. The van der Waals surface area contributed by atoms with Gasteiger partial charge >= 0.3 is 6.18 Å². The van der Waals surface area contributed by atoms with Gasteiger partial charge in [0, 0.05) is 54.5 Å². The van der Waals surface area contributed by atoms with Crippen molar-refractivity contribution in [3.05, 3.63) is 77.9 Å². The average molecular weight is 532 g/mol. The molecule has 1 aliphatic rings. The number of fused-ring (bicyclic) bond motifs is 3. The minimum absolute atomic E-state index is 0.153. The lowest BCUT2D eigenvalue weighted by molar-refractivity contribution is -0.137. The molecule has 5 rings (SSSR count). The van der Waals surface area contributed by atoms with Gasteiger partial charge in [-0.15, -0.1) is 0 Å². The van der Waals surface area contributed by atoms with E-state index in [2.05, 4.69) is 17.1 Å². The number of para-hydroxylation sites is 1. The summed E-state index contributed by atoms with van der Waals surface area (Å²) in [6.45, 7) is 1.50. The van der Waals surface area contributed by atoms with E-state index in [1.807, 2.05) is 35.2 Å². The summed E-state index contributed by atoms with van der Waals surface area (Å²) in [5, 5.41) is 13.0. The molecule has 1 saturated heterocycles. The Balaban J connectivity index is 1.18. The second-order valence-corrected chi connectivity index (χ2v) is 11.4. The van der Waals surface area contributed by atoms with Crippen LogP contribution in [0.1, 0.15) is 17.5 Å². The van der Waals surface area contributed by atoms with E-state index < -0.39 is 27.9 Å². The number of hydrogen-bond acceptors (Lipinski definition) is 4. The molecule has 4 aromatic rings. The van der Waals surface area contributed by atoms with Gasteiger partial charge in [-0.2, -0.15) is 17.5 Å². The third-order valence-corrected chi connectivity index (χ3v) is 8.86. The van der Waals surface area contributed by atoms with Gasteiger partial charge in [-0.1, -0.05) is 36.4 Å². The topological polar surface area (TPSA) is 76.6 Å². The Hall–Kier alpha value is -2.92. The van der Waals surface area contributed by atoms with Crippen LogP contribution in [0.5, 0.6) is 0 Å². The van der Waals surface area contributed by atoms with Crippen molar-refractivity contribution in [2.45, 2.75) is 30.0 Å². The number of piperazine rings is 1. The Morgan fingerprint density at radius 2 is 1.62 bits per heavy atom. The number of aliphatic hydroxyl groups excluding tert-OH is 1. The number of nitrogens with one attached hydrogen (secondary N) is 1. The van der Waals surface area contributed by atoms with Crippen LogP contribution in [0.15, 0.2) is 71.6 Å². The van der Waals surface area contributed by atoms with Crippen molar-refractivity contribution in [1.82, 2.24) is 14.2 Å². The molecule has 6 nitrogen and oxygen atoms in total. The van der Waals surface area contributed by atoms with E-state index in [-0.39, 0.29) is 18.0 Å². The zero-order chi connectivity index (χ0) is 26.2. The highest BCUT2D eigenvalue weighted by molar-refractivity contribution is 7.89. The van der Waals surface area contributed by atoms with Gasteiger partial charge in [0.2, 0.25) is 10.0 Å². The van der Waals surface area contributed by atoms with E-state index in [0.29, 0.717) is 38.5 Å². The fraction of sp³-hybridized carbons (Fsp3) is 0.333. The van der Waals surface area contributed by atoms with Crippen molar-refractivity contribution >= 4 is 31.8 Å². The number of sulfonamides is 1. The SMILES string of the molecule is O=S(=O)(c1cccc(C(F)(F)F)c1)N1CCN(CC(O)CCc2cccc3[nH]c4ccccc4c23)CC1. The number of alkyl halides is 3. The second kappa shape index (κ2) is 10.1. The van der Waals surface area contributed by atoms with Crippen molar-refractivity contribution in [3.63, 3.8) is 0 Å². The minimum atomic E-state index is -4.61. The van der Waals surface area contributed by atoms with Crippen molar-refractivity contribution in [1.29, 1.82) is 0 Å². The van der Waals surface area contributed by atoms with Crippen molar-refractivity contribution in [2.75, 3.05) is 32.7 Å². The monoisotopic (exact) mass is 531 g/mol. The fourth-order valence-electron chi connectivity index (χ4n) is 5.03. The van der Waals surface area contributed by atoms with E-state index in [1.165, 1.54) is 15.8 Å². The first kappa shape index (κ1) is 25.7. The number of rotatable bonds is 7. The van der Waals surface area contributed by atoms with E-state index in [0.717, 1.165) is 34.1 Å². The smallest absolute Gasteiger partial charge is 0.392 e. The van der Waals surface area contributed by atoms with Crippen LogP contribution in [0.4, 0.5) is 13.2 Å². The first-order valence-electron chi connectivity index (χ1n) is 12.2. The number of halogens is 3. The van der Waals surface area contributed by atoms with E-state index in [9.17, 15) is 26.7 Å². The summed E-state index contributed by atoms with van der Waals surface area (Å²) in [6, 6.07) is 18.1. The van der Waals surface area contributed by atoms with Gasteiger partial charge in [0.25, 0.3) is 0 Å². The predicted molar refractivity (Wildman–Crippen MR) is 137 cm³/mol. The molecule has 3 aromatic carbocycles. The van der Waals surface area contributed by atoms with Gasteiger partial charge in [-0.25, -0.2) is 8.42 Å². The predicted octanol–water partition coefficient (Wildman–Crippen LogP) is 4.64. The molecule has 37 heavy (non-hydrogen) atoms. The molecule has 0 amide bonds. The van der Waals surface area contributed by atoms with Gasteiger partial charge in [-0.05, 0) is 48.7 Å². The van der Waals surface area contributed by atoms with Gasteiger partial charge in [-0.3, -0.25) is 4.90 Å². The number of aromatic amines is 1. The normalized spacial score (nSPS) is 17.0. The number of benzene rings is 3. The van der Waals surface area contributed by atoms with Crippen LogP contribution in [-0.4, -0.2) is 66.5 Å². The molecule has 0 spiro atoms. The molecule has 1 aromatic heterocycles. The molecule has 196 valence electrons. The summed E-state index contributed by atoms with van der Waals surface area (Å²) >= 11 is 0. The number of β-amino-alcohol motifs (C(OH)–C–C–N with tert-alkyl or cyclic N) is 1. The van der Waals surface area contributed by atoms with Gasteiger partial charge < -0.3 is 10.1 Å². The number of nitrogens with zero attached hydrogens (tertiary/aromatic N) is 2.